The van der Waals surface area contributed by atoms with E-state index in [4.69, 9.17) is 0 Å². The molecule has 0 N–H and O–H groups in total. The molecule has 0 fully saturated rings. The van der Waals surface area contributed by atoms with E-state index in [1.54, 1.807) is 0 Å². The summed E-state index contributed by atoms with van der Waals surface area (Å²) >= 11 is 2.88. The third kappa shape index (κ3) is 5.13. The second-order valence-corrected chi connectivity index (χ2v) is 22.8. The molecule has 0 aromatic heterocycles. The van der Waals surface area contributed by atoms with Crippen molar-refractivity contribution in [2.75, 3.05) is 6.16 Å². The Morgan fingerprint density at radius 2 is 0.854 bits per heavy atom. The monoisotopic (exact) mass is 666 g/mol. The van der Waals surface area contributed by atoms with Crippen molar-refractivity contribution in [3.63, 3.8) is 0 Å². The van der Waals surface area contributed by atoms with Crippen LogP contribution in [-0.4, -0.2) is 12.9 Å². The van der Waals surface area contributed by atoms with E-state index in [0.29, 0.717) is 0 Å². The van der Waals surface area contributed by atoms with Crippen LogP contribution >= 0.6 is 26.3 Å². The first kappa shape index (κ1) is 29.8. The second kappa shape index (κ2) is 11.5. The van der Waals surface area contributed by atoms with E-state index in [1.807, 2.05) is 0 Å². The van der Waals surface area contributed by atoms with Crippen LogP contribution in [0.25, 0.3) is 0 Å². The number of halogens is 1. The van der Waals surface area contributed by atoms with Crippen molar-refractivity contribution in [2.45, 2.75) is 48.5 Å². The summed E-state index contributed by atoms with van der Waals surface area (Å²) in [5.74, 6) is 0. The topological polar surface area (TPSA) is 0 Å². The van der Waals surface area contributed by atoms with Crippen LogP contribution in [0.3, 0.4) is 0 Å². The molecule has 0 aliphatic carbocycles. The van der Waals surface area contributed by atoms with Gasteiger partial charge in [-0.25, -0.2) is 0 Å². The van der Waals surface area contributed by atoms with E-state index in [-0.39, 0.29) is 6.71 Å². The van der Waals surface area contributed by atoms with Crippen molar-refractivity contribution in [1.82, 2.24) is 0 Å². The molecule has 208 valence electrons. The maximum atomic E-state index is 2.88. The summed E-state index contributed by atoms with van der Waals surface area (Å²) in [6, 6.07) is 41.6. The number of hydrogen-bond donors (Lipinski definition) is 0. The zero-order valence-electron chi connectivity index (χ0n) is 25.5. The van der Waals surface area contributed by atoms with Crippen LogP contribution < -0.4 is 32.3 Å². The van der Waals surface area contributed by atoms with Gasteiger partial charge in [0, 0.05) is 0 Å². The number of benzene rings is 5. The van der Waals surface area contributed by atoms with E-state index >= 15 is 0 Å². The maximum absolute atomic E-state index is 2.88. The standard InChI is InChI=1S/C38H41BIP/c1-8-41(40,34-15-11-9-12-16-34,35-17-13-10-14-18-35)36-21-19-33(20-22-36)39(37-29(4)23-27(2)24-30(37)5)38-31(6)25-28(3)26-32(38)7/h9-26H,8H2,1-7H3. The van der Waals surface area contributed by atoms with Crippen LogP contribution in [-0.2, 0) is 0 Å². The molecule has 0 unspecified atom stereocenters. The van der Waals surface area contributed by atoms with Gasteiger partial charge in [-0.05, 0) is 0 Å². The Hall–Kier alpha value is -2.68. The van der Waals surface area contributed by atoms with E-state index < -0.39 is 4.25 Å². The van der Waals surface area contributed by atoms with Crippen LogP contribution in [0, 0.1) is 41.5 Å². The fraction of sp³-hybridized carbons (Fsp3) is 0.211. The summed E-state index contributed by atoms with van der Waals surface area (Å²) in [4.78, 5) is 0. The Labute approximate surface area is 261 Å². The predicted octanol–water partition coefficient (Wildman–Crippen LogP) is 7.25. The number of aryl methyl sites for hydroxylation is 6. The average Bonchev–Trinajstić information content (AvgIpc) is 2.96. The molecule has 0 nitrogen and oxygen atoms in total. The average molecular weight is 666 g/mol. The molecule has 0 spiro atoms. The molecule has 0 saturated carbocycles. The summed E-state index contributed by atoms with van der Waals surface area (Å²) < 4.78 is -2.72. The van der Waals surface area contributed by atoms with E-state index in [9.17, 15) is 0 Å². The summed E-state index contributed by atoms with van der Waals surface area (Å²) in [5, 5.41) is 4.31. The molecule has 5 rings (SSSR count). The minimum atomic E-state index is -2.72. The molecule has 0 bridgehead atoms. The summed E-state index contributed by atoms with van der Waals surface area (Å²) in [6.45, 7) is 16.1. The summed E-state index contributed by atoms with van der Waals surface area (Å²) in [6.07, 6.45) is 1.06. The molecule has 41 heavy (non-hydrogen) atoms. The summed E-state index contributed by atoms with van der Waals surface area (Å²) in [5.41, 5.74) is 12.4. The van der Waals surface area contributed by atoms with Crippen molar-refractivity contribution in [3.05, 3.63) is 143 Å². The SMILES string of the molecule is CCP(I)(c1ccccc1)(c1ccccc1)c1ccc(B(c2c(C)cc(C)cc2C)c2c(C)cc(C)cc2C)cc1. The first-order valence-electron chi connectivity index (χ1n) is 14.7. The van der Waals surface area contributed by atoms with Crippen molar-refractivity contribution in [2.24, 2.45) is 0 Å². The fourth-order valence-electron chi connectivity index (χ4n) is 7.22. The first-order chi connectivity index (χ1) is 19.6. The molecule has 3 heteroatoms. The van der Waals surface area contributed by atoms with Gasteiger partial charge in [-0.3, -0.25) is 0 Å². The van der Waals surface area contributed by atoms with Gasteiger partial charge in [0.1, 0.15) is 0 Å². The van der Waals surface area contributed by atoms with Crippen molar-refractivity contribution >= 4 is 65.3 Å². The predicted molar refractivity (Wildman–Crippen MR) is 196 cm³/mol. The molecule has 5 aromatic rings. The molecule has 5 aromatic carbocycles. The van der Waals surface area contributed by atoms with Gasteiger partial charge in [0.25, 0.3) is 0 Å². The number of hydrogen-bond acceptors (Lipinski definition) is 0. The molecular weight excluding hydrogens is 625 g/mol. The Morgan fingerprint density at radius 3 is 1.20 bits per heavy atom. The van der Waals surface area contributed by atoms with Gasteiger partial charge in [0.15, 0.2) is 0 Å². The van der Waals surface area contributed by atoms with Crippen molar-refractivity contribution in [1.29, 1.82) is 0 Å². The van der Waals surface area contributed by atoms with Gasteiger partial charge in [-0.2, -0.15) is 0 Å². The molecule has 0 radical (unpaired) electrons. The molecule has 0 amide bonds. The van der Waals surface area contributed by atoms with E-state index in [1.165, 1.54) is 65.7 Å². The van der Waals surface area contributed by atoms with Crippen LogP contribution in [0.15, 0.2) is 109 Å². The first-order valence-corrected chi connectivity index (χ1v) is 19.9. The molecule has 0 saturated heterocycles. The van der Waals surface area contributed by atoms with Gasteiger partial charge in [0.2, 0.25) is 0 Å². The minimum absolute atomic E-state index is 0.181. The molecule has 0 heterocycles. The normalized spacial score (nSPS) is 12.5. The Bertz CT molecular complexity index is 1550. The van der Waals surface area contributed by atoms with Crippen LogP contribution in [0.4, 0.5) is 0 Å². The quantitative estimate of drug-likeness (QED) is 0.0976. The molecule has 0 aliphatic rings. The van der Waals surface area contributed by atoms with Crippen molar-refractivity contribution in [3.8, 4) is 0 Å². The second-order valence-electron chi connectivity index (χ2n) is 11.8. The third-order valence-corrected chi connectivity index (χ3v) is 21.4. The van der Waals surface area contributed by atoms with E-state index in [0.717, 1.165) is 6.16 Å². The third-order valence-electron chi connectivity index (χ3n) is 9.00. The zero-order valence-corrected chi connectivity index (χ0v) is 28.6. The Morgan fingerprint density at radius 1 is 0.512 bits per heavy atom. The van der Waals surface area contributed by atoms with E-state index in [2.05, 4.69) is 180 Å². The summed E-state index contributed by atoms with van der Waals surface area (Å²) in [7, 11) is 0. The Kier molecular flexibility index (Phi) is 8.39. The molecular formula is C38H41BIP. The zero-order chi connectivity index (χ0) is 29.4. The van der Waals surface area contributed by atoms with Crippen LogP contribution in [0.2, 0.25) is 0 Å². The molecule has 0 aliphatic heterocycles. The van der Waals surface area contributed by atoms with Gasteiger partial charge in [-0.15, -0.1) is 0 Å². The van der Waals surface area contributed by atoms with Gasteiger partial charge in [-0.1, -0.05) is 0 Å². The fourth-order valence-corrected chi connectivity index (χ4v) is 14.5. The molecule has 0 atom stereocenters. The van der Waals surface area contributed by atoms with Crippen LogP contribution in [0.1, 0.15) is 40.3 Å². The number of rotatable bonds is 7. The van der Waals surface area contributed by atoms with Crippen molar-refractivity contribution < 1.29 is 0 Å². The van der Waals surface area contributed by atoms with Crippen LogP contribution in [0.5, 0.6) is 0 Å². The Balaban J connectivity index is 1.77. The van der Waals surface area contributed by atoms with Gasteiger partial charge < -0.3 is 0 Å². The van der Waals surface area contributed by atoms with Gasteiger partial charge in [0.05, 0.1) is 0 Å². The van der Waals surface area contributed by atoms with Gasteiger partial charge >= 0.3 is 263 Å².